The number of amides is 1. The van der Waals surface area contributed by atoms with Gasteiger partial charge in [-0.15, -0.1) is 5.10 Å². The van der Waals surface area contributed by atoms with Gasteiger partial charge in [0.05, 0.1) is 11.9 Å². The highest BCUT2D eigenvalue weighted by atomic mass is 35.5. The normalized spacial score (nSPS) is 10.9. The minimum absolute atomic E-state index is 0.0232. The summed E-state index contributed by atoms with van der Waals surface area (Å²) in [6.45, 7) is 2.57. The highest BCUT2D eigenvalue weighted by Crippen LogP contribution is 2.19. The molecule has 0 saturated carbocycles. The summed E-state index contributed by atoms with van der Waals surface area (Å²) in [5.74, 6) is -0.400. The monoisotopic (exact) mass is 345 g/mol. The van der Waals surface area contributed by atoms with Crippen LogP contribution in [0.5, 0.6) is 0 Å². The molecule has 0 aliphatic carbocycles. The Balaban J connectivity index is 1.98. The number of aromatic nitrogens is 4. The van der Waals surface area contributed by atoms with Crippen LogP contribution in [0.3, 0.4) is 0 Å². The Bertz CT molecular complexity index is 930. The fourth-order valence-electron chi connectivity index (χ4n) is 2.32. The standard InChI is InChI=1S/C16H16ClN5O2/c1-2-3-8-18-15(23)13-14-16(24)19-12(9-22(14)21-20-13)10-4-6-11(17)7-5-10/h4-7,9H,2-3,8H2,1H3,(H,18,23)(H,19,24). The number of nitrogens with one attached hydrogen (secondary N) is 2. The number of nitrogens with zero attached hydrogens (tertiary/aromatic N) is 3. The Labute approximate surface area is 142 Å². The molecule has 7 nitrogen and oxygen atoms in total. The summed E-state index contributed by atoms with van der Waals surface area (Å²) >= 11 is 5.87. The molecule has 0 spiro atoms. The van der Waals surface area contributed by atoms with Crippen molar-refractivity contribution in [1.29, 1.82) is 0 Å². The highest BCUT2D eigenvalue weighted by Gasteiger charge is 2.18. The van der Waals surface area contributed by atoms with E-state index in [1.54, 1.807) is 30.5 Å². The van der Waals surface area contributed by atoms with Gasteiger partial charge < -0.3 is 10.3 Å². The van der Waals surface area contributed by atoms with Crippen molar-refractivity contribution in [1.82, 2.24) is 25.1 Å². The van der Waals surface area contributed by atoms with E-state index in [2.05, 4.69) is 20.6 Å². The average molecular weight is 346 g/mol. The third kappa shape index (κ3) is 3.16. The predicted octanol–water partition coefficient (Wildman–Crippen LogP) is 2.27. The molecule has 0 unspecified atom stereocenters. The van der Waals surface area contributed by atoms with Crippen LogP contribution in [-0.4, -0.2) is 32.3 Å². The van der Waals surface area contributed by atoms with E-state index in [0.717, 1.165) is 18.4 Å². The van der Waals surface area contributed by atoms with Gasteiger partial charge >= 0.3 is 0 Å². The van der Waals surface area contributed by atoms with Crippen molar-refractivity contribution in [2.24, 2.45) is 0 Å². The van der Waals surface area contributed by atoms with E-state index in [1.165, 1.54) is 4.52 Å². The first-order valence-electron chi connectivity index (χ1n) is 7.62. The maximum atomic E-state index is 12.4. The summed E-state index contributed by atoms with van der Waals surface area (Å²) in [7, 11) is 0. The zero-order valence-corrected chi connectivity index (χ0v) is 13.8. The molecular formula is C16H16ClN5O2. The Morgan fingerprint density at radius 1 is 1.33 bits per heavy atom. The maximum absolute atomic E-state index is 12.4. The number of hydrogen-bond acceptors (Lipinski definition) is 4. The van der Waals surface area contributed by atoms with Gasteiger partial charge in [0.25, 0.3) is 11.5 Å². The van der Waals surface area contributed by atoms with Gasteiger partial charge in [-0.05, 0) is 24.1 Å². The zero-order chi connectivity index (χ0) is 17.1. The van der Waals surface area contributed by atoms with Gasteiger partial charge in [0.2, 0.25) is 0 Å². The van der Waals surface area contributed by atoms with Gasteiger partial charge in [0.1, 0.15) is 0 Å². The number of aromatic amines is 1. The van der Waals surface area contributed by atoms with Gasteiger partial charge in [-0.25, -0.2) is 4.52 Å². The van der Waals surface area contributed by atoms with E-state index < -0.39 is 11.5 Å². The number of fused-ring (bicyclic) bond motifs is 1. The number of unbranched alkanes of at least 4 members (excludes halogenated alkanes) is 1. The average Bonchev–Trinajstić information content (AvgIpc) is 3.00. The molecule has 3 aromatic rings. The first-order chi connectivity index (χ1) is 11.6. The minimum Gasteiger partial charge on any atom is -0.351 e. The number of H-pyrrole nitrogens is 1. The van der Waals surface area contributed by atoms with E-state index >= 15 is 0 Å². The van der Waals surface area contributed by atoms with Crippen LogP contribution < -0.4 is 10.9 Å². The molecule has 0 bridgehead atoms. The molecule has 2 N–H and O–H groups in total. The van der Waals surface area contributed by atoms with Crippen LogP contribution >= 0.6 is 11.6 Å². The third-order valence-corrected chi connectivity index (χ3v) is 3.85. The molecule has 8 heteroatoms. The fourth-order valence-corrected chi connectivity index (χ4v) is 2.45. The van der Waals surface area contributed by atoms with Gasteiger partial charge in [-0.3, -0.25) is 9.59 Å². The maximum Gasteiger partial charge on any atom is 0.276 e. The molecule has 0 radical (unpaired) electrons. The summed E-state index contributed by atoms with van der Waals surface area (Å²) in [4.78, 5) is 27.3. The van der Waals surface area contributed by atoms with Crippen molar-refractivity contribution in [3.05, 3.63) is 51.5 Å². The summed E-state index contributed by atoms with van der Waals surface area (Å²) in [6.07, 6.45) is 3.45. The summed E-state index contributed by atoms with van der Waals surface area (Å²) < 4.78 is 1.32. The largest absolute Gasteiger partial charge is 0.351 e. The van der Waals surface area contributed by atoms with Crippen LogP contribution in [0.2, 0.25) is 5.02 Å². The summed E-state index contributed by atoms with van der Waals surface area (Å²) in [6, 6.07) is 7.03. The van der Waals surface area contributed by atoms with Crippen molar-refractivity contribution < 1.29 is 4.79 Å². The lowest BCUT2D eigenvalue weighted by atomic mass is 10.1. The van der Waals surface area contributed by atoms with E-state index in [1.807, 2.05) is 6.92 Å². The number of carbonyl (C=O) groups excluding carboxylic acids is 1. The molecule has 0 aliphatic heterocycles. The van der Waals surface area contributed by atoms with Crippen LogP contribution in [0, 0.1) is 0 Å². The van der Waals surface area contributed by atoms with Gasteiger partial charge in [0.15, 0.2) is 11.2 Å². The number of carbonyl (C=O) groups is 1. The second-order valence-electron chi connectivity index (χ2n) is 5.34. The lowest BCUT2D eigenvalue weighted by Gasteiger charge is -2.03. The second-order valence-corrected chi connectivity index (χ2v) is 5.78. The summed E-state index contributed by atoms with van der Waals surface area (Å²) in [5, 5.41) is 11.1. The smallest absolute Gasteiger partial charge is 0.276 e. The van der Waals surface area contributed by atoms with Crippen molar-refractivity contribution in [2.45, 2.75) is 19.8 Å². The van der Waals surface area contributed by atoms with Crippen LogP contribution in [0.15, 0.2) is 35.3 Å². The Morgan fingerprint density at radius 2 is 2.08 bits per heavy atom. The molecule has 0 fully saturated rings. The number of rotatable bonds is 5. The van der Waals surface area contributed by atoms with Crippen molar-refractivity contribution in [3.63, 3.8) is 0 Å². The minimum atomic E-state index is -0.423. The molecule has 124 valence electrons. The topological polar surface area (TPSA) is 92.2 Å². The number of hydrogen-bond donors (Lipinski definition) is 2. The number of benzene rings is 1. The molecule has 2 aromatic heterocycles. The van der Waals surface area contributed by atoms with Crippen LogP contribution in [0.4, 0.5) is 0 Å². The zero-order valence-electron chi connectivity index (χ0n) is 13.0. The SMILES string of the molecule is CCCCNC(=O)c1nnn2cc(-c3ccc(Cl)cc3)[nH]c(=O)c12. The summed E-state index contributed by atoms with van der Waals surface area (Å²) in [5.41, 5.74) is 1.07. The van der Waals surface area contributed by atoms with Gasteiger partial charge in [0, 0.05) is 11.6 Å². The van der Waals surface area contributed by atoms with E-state index in [4.69, 9.17) is 11.6 Å². The predicted molar refractivity (Wildman–Crippen MR) is 91.3 cm³/mol. The first-order valence-corrected chi connectivity index (χ1v) is 8.00. The highest BCUT2D eigenvalue weighted by molar-refractivity contribution is 6.30. The third-order valence-electron chi connectivity index (χ3n) is 3.60. The lowest BCUT2D eigenvalue weighted by Crippen LogP contribution is -2.26. The quantitative estimate of drug-likeness (QED) is 0.694. The van der Waals surface area contributed by atoms with Crippen LogP contribution in [-0.2, 0) is 0 Å². The number of halogens is 1. The molecule has 0 saturated heterocycles. The second kappa shape index (κ2) is 6.84. The Kier molecular flexibility index (Phi) is 4.61. The molecule has 1 amide bonds. The molecule has 24 heavy (non-hydrogen) atoms. The first kappa shape index (κ1) is 16.2. The Morgan fingerprint density at radius 3 is 2.79 bits per heavy atom. The van der Waals surface area contributed by atoms with Crippen LogP contribution in [0.25, 0.3) is 16.8 Å². The molecule has 2 heterocycles. The van der Waals surface area contributed by atoms with Crippen molar-refractivity contribution in [3.8, 4) is 11.3 Å². The Hall–Kier alpha value is -2.67. The molecule has 0 aliphatic rings. The lowest BCUT2D eigenvalue weighted by molar-refractivity contribution is 0.0949. The van der Waals surface area contributed by atoms with E-state index in [0.29, 0.717) is 17.3 Å². The van der Waals surface area contributed by atoms with Crippen molar-refractivity contribution >= 4 is 23.0 Å². The van der Waals surface area contributed by atoms with Gasteiger partial charge in [-0.1, -0.05) is 42.3 Å². The van der Waals surface area contributed by atoms with Gasteiger partial charge in [-0.2, -0.15) is 0 Å². The van der Waals surface area contributed by atoms with E-state index in [-0.39, 0.29) is 11.2 Å². The molecule has 0 atom stereocenters. The fraction of sp³-hybridized carbons (Fsp3) is 0.250. The van der Waals surface area contributed by atoms with Crippen molar-refractivity contribution in [2.75, 3.05) is 6.54 Å². The molecule has 1 aromatic carbocycles. The van der Waals surface area contributed by atoms with E-state index in [9.17, 15) is 9.59 Å². The molecule has 3 rings (SSSR count). The molecular weight excluding hydrogens is 330 g/mol. The van der Waals surface area contributed by atoms with Crippen LogP contribution in [0.1, 0.15) is 30.3 Å².